The van der Waals surface area contributed by atoms with Crippen LogP contribution in [0.25, 0.3) is 0 Å². The lowest BCUT2D eigenvalue weighted by Crippen LogP contribution is -2.33. The van der Waals surface area contributed by atoms with Gasteiger partial charge in [-0.2, -0.15) is 8.61 Å². The van der Waals surface area contributed by atoms with E-state index < -0.39 is 43.4 Å². The Hall–Kier alpha value is -9.71. The zero-order valence-electron chi connectivity index (χ0n) is 56.8. The van der Waals surface area contributed by atoms with E-state index in [1.807, 2.05) is 68.4 Å². The summed E-state index contributed by atoms with van der Waals surface area (Å²) in [4.78, 5) is 63.6. The predicted molar refractivity (Wildman–Crippen MR) is 386 cm³/mol. The maximum absolute atomic E-state index is 13.3. The van der Waals surface area contributed by atoms with E-state index in [1.165, 1.54) is 15.4 Å². The average molecular weight is 1370 g/mol. The Balaban J connectivity index is 0.000000174. The Labute approximate surface area is 575 Å². The minimum atomic E-state index is -3.66. The van der Waals surface area contributed by atoms with Crippen LogP contribution in [-0.4, -0.2) is 86.2 Å². The lowest BCUT2D eigenvalue weighted by molar-refractivity contribution is 0.0624. The van der Waals surface area contributed by atoms with Gasteiger partial charge in [-0.25, -0.2) is 26.4 Å². The third-order valence-corrected chi connectivity index (χ3v) is 20.7. The molecule has 0 fully saturated rings. The molecule has 3 unspecified atom stereocenters. The van der Waals surface area contributed by atoms with Crippen molar-refractivity contribution in [3.05, 3.63) is 238 Å². The molecule has 8 N–H and O–H groups in total. The maximum atomic E-state index is 13.3. The molecule has 514 valence electrons. The third kappa shape index (κ3) is 18.1. The van der Waals surface area contributed by atoms with Crippen molar-refractivity contribution in [2.24, 2.45) is 0 Å². The van der Waals surface area contributed by atoms with Crippen molar-refractivity contribution in [3.63, 3.8) is 0 Å². The molecule has 8 aromatic carbocycles. The minimum absolute atomic E-state index is 0.210. The number of ether oxygens (including phenoxy) is 2. The number of para-hydroxylation sites is 6. The van der Waals surface area contributed by atoms with Gasteiger partial charge in [0.15, 0.2) is 0 Å². The van der Waals surface area contributed by atoms with Crippen molar-refractivity contribution in [1.29, 1.82) is 0 Å². The zero-order valence-corrected chi connectivity index (χ0v) is 58.4. The SMILES string of the molecule is CCN(C1CCc2cc(C(=O)Nc3ccccc3N)ccc21)S(=O)(=O)c1ccccc1.CCN(C1CCc2cc(C(=O)Nc3ccccc3NC(=O)OC(C)(C)C)ccc21)S(=O)(=O)c1ccccc1.CCNC1CCc2cc(C(=O)Nc3ccccc3NC(=O)OC(C)(C)C)ccc21. The van der Waals surface area contributed by atoms with Gasteiger partial charge in [0.05, 0.1) is 56.0 Å². The number of carbonyl (C=O) groups excluding carboxylic acids is 5. The number of amides is 5. The summed E-state index contributed by atoms with van der Waals surface area (Å²) >= 11 is 0. The van der Waals surface area contributed by atoms with Crippen LogP contribution >= 0.6 is 0 Å². The number of fused-ring (bicyclic) bond motifs is 3. The number of carbonyl (C=O) groups is 5. The highest BCUT2D eigenvalue weighted by Crippen LogP contribution is 2.41. The summed E-state index contributed by atoms with van der Waals surface area (Å²) in [6.45, 7) is 18.1. The first-order chi connectivity index (χ1) is 46.7. The van der Waals surface area contributed by atoms with Crippen molar-refractivity contribution in [2.75, 3.05) is 52.0 Å². The van der Waals surface area contributed by atoms with E-state index in [4.69, 9.17) is 15.2 Å². The van der Waals surface area contributed by atoms with Gasteiger partial charge < -0.3 is 36.5 Å². The van der Waals surface area contributed by atoms with Gasteiger partial charge >= 0.3 is 12.2 Å². The molecule has 0 aromatic heterocycles. The monoisotopic (exact) mass is 1370 g/mol. The molecular weight excluding hydrogens is 1280 g/mol. The molecule has 0 heterocycles. The van der Waals surface area contributed by atoms with Crippen LogP contribution in [0.2, 0.25) is 0 Å². The van der Waals surface area contributed by atoms with Crippen LogP contribution in [0.15, 0.2) is 198 Å². The summed E-state index contributed by atoms with van der Waals surface area (Å²) in [6, 6.07) is 54.5. The number of hydrogen-bond donors (Lipinski definition) is 7. The summed E-state index contributed by atoms with van der Waals surface area (Å²) in [5.74, 6) is -0.787. The van der Waals surface area contributed by atoms with Gasteiger partial charge in [-0.15, -0.1) is 0 Å². The number of benzene rings is 8. The van der Waals surface area contributed by atoms with Crippen LogP contribution in [0.4, 0.5) is 43.7 Å². The number of nitrogens with zero attached hydrogens (tertiary/aromatic N) is 2. The molecule has 5 amide bonds. The fraction of sp³-hybridized carbons (Fsp3) is 0.303. The number of nitrogens with two attached hydrogens (primary N) is 1. The summed E-state index contributed by atoms with van der Waals surface area (Å²) < 4.78 is 66.8. The van der Waals surface area contributed by atoms with Crippen molar-refractivity contribution in [1.82, 2.24) is 13.9 Å². The van der Waals surface area contributed by atoms with Gasteiger partial charge in [0.1, 0.15) is 11.2 Å². The molecule has 3 atom stereocenters. The zero-order chi connectivity index (χ0) is 70.5. The van der Waals surface area contributed by atoms with Crippen molar-refractivity contribution in [2.45, 2.75) is 140 Å². The van der Waals surface area contributed by atoms with E-state index >= 15 is 0 Å². The second-order valence-electron chi connectivity index (χ2n) is 25.8. The summed E-state index contributed by atoms with van der Waals surface area (Å²) in [6.07, 6.45) is 3.55. The molecular formula is C76H87N9O11S2. The van der Waals surface area contributed by atoms with Crippen LogP contribution in [0.1, 0.15) is 164 Å². The highest BCUT2D eigenvalue weighted by molar-refractivity contribution is 7.89. The Kier molecular flexibility index (Phi) is 23.4. The van der Waals surface area contributed by atoms with E-state index in [-0.39, 0.29) is 34.7 Å². The fourth-order valence-corrected chi connectivity index (χ4v) is 15.6. The molecule has 0 aliphatic heterocycles. The lowest BCUT2D eigenvalue weighted by atomic mass is 10.0. The first-order valence-electron chi connectivity index (χ1n) is 32.9. The second kappa shape index (κ2) is 31.7. The highest BCUT2D eigenvalue weighted by Gasteiger charge is 2.38. The highest BCUT2D eigenvalue weighted by atomic mass is 32.2. The molecule has 0 bridgehead atoms. The predicted octanol–water partition coefficient (Wildman–Crippen LogP) is 15.1. The standard InChI is InChI=1S/C29H33N3O5S.C24H25N3O3S.C23H29N3O3/c1-5-32(38(35,36)22-11-7-6-8-12-22)26-18-16-20-19-21(15-17-23(20)26)27(33)30-24-13-9-10-14-25(24)31-28(34)37-29(2,3)4;1-2-27(31(29,30)19-8-4-3-5-9-19)23-15-13-17-16-18(12-14-20(17)23)24(28)26-22-11-7-6-10-21(22)25;1-5-24-18-13-11-15-14-16(10-12-17(15)18)21(27)25-19-8-6-7-9-20(19)26-22(28)29-23(2,3)4/h6-15,17,19,26H,5,16,18H2,1-4H3,(H,30,33)(H,31,34);3-12,14,16,23H,2,13,15,25H2,1H3,(H,26,28);6-10,12,14,18,24H,5,11,13H2,1-4H3,(H,25,27)(H,26,28). The molecule has 8 aromatic rings. The van der Waals surface area contributed by atoms with Gasteiger partial charge in [0.2, 0.25) is 20.0 Å². The topological polar surface area (TPSA) is 277 Å². The maximum Gasteiger partial charge on any atom is 0.412 e. The van der Waals surface area contributed by atoms with Gasteiger partial charge in [-0.3, -0.25) is 25.0 Å². The largest absolute Gasteiger partial charge is 0.444 e. The number of aryl methyl sites for hydroxylation is 3. The number of nitrogen functional groups attached to an aromatic ring is 1. The average Bonchev–Trinajstić information content (AvgIpc) is 1.48. The number of anilines is 6. The number of nitrogens with one attached hydrogen (secondary N) is 6. The molecule has 3 aliphatic rings. The molecule has 11 rings (SSSR count). The summed E-state index contributed by atoms with van der Waals surface area (Å²) in [7, 11) is -7.27. The summed E-state index contributed by atoms with van der Waals surface area (Å²) in [5, 5.41) is 17.5. The quantitative estimate of drug-likeness (QED) is 0.0394. The fourth-order valence-electron chi connectivity index (χ4n) is 12.3. The van der Waals surface area contributed by atoms with Crippen LogP contribution in [-0.2, 0) is 48.8 Å². The number of rotatable bonds is 18. The Morgan fingerprint density at radius 1 is 0.429 bits per heavy atom. The first kappa shape index (κ1) is 72.6. The van der Waals surface area contributed by atoms with Crippen LogP contribution in [0.5, 0.6) is 0 Å². The van der Waals surface area contributed by atoms with E-state index in [1.54, 1.807) is 179 Å². The Bertz CT molecular complexity index is 4430. The molecule has 20 nitrogen and oxygen atoms in total. The molecule has 0 radical (unpaired) electrons. The molecule has 98 heavy (non-hydrogen) atoms. The number of hydrogen-bond acceptors (Lipinski definition) is 13. The van der Waals surface area contributed by atoms with E-state index in [0.29, 0.717) is 94.1 Å². The van der Waals surface area contributed by atoms with Gasteiger partial charge in [0.25, 0.3) is 17.7 Å². The minimum Gasteiger partial charge on any atom is -0.444 e. The van der Waals surface area contributed by atoms with Crippen molar-refractivity contribution in [3.8, 4) is 0 Å². The smallest absolute Gasteiger partial charge is 0.412 e. The lowest BCUT2D eigenvalue weighted by Gasteiger charge is -2.27. The summed E-state index contributed by atoms with van der Waals surface area (Å²) in [5.41, 5.74) is 15.5. The van der Waals surface area contributed by atoms with Gasteiger partial charge in [-0.1, -0.05) is 112 Å². The normalized spacial score (nSPS) is 15.4. The molecule has 0 saturated heterocycles. The molecule has 0 saturated carbocycles. The van der Waals surface area contributed by atoms with Crippen LogP contribution < -0.4 is 37.6 Å². The Morgan fingerprint density at radius 2 is 0.755 bits per heavy atom. The van der Waals surface area contributed by atoms with Crippen LogP contribution in [0.3, 0.4) is 0 Å². The van der Waals surface area contributed by atoms with Gasteiger partial charge in [0, 0.05) is 35.8 Å². The van der Waals surface area contributed by atoms with Crippen molar-refractivity contribution >= 4 is 84.1 Å². The molecule has 3 aliphatic carbocycles. The molecule has 0 spiro atoms. The Morgan fingerprint density at radius 3 is 1.12 bits per heavy atom. The van der Waals surface area contributed by atoms with Gasteiger partial charge in [-0.05, 0) is 217 Å². The van der Waals surface area contributed by atoms with Crippen LogP contribution in [0, 0.1) is 0 Å². The first-order valence-corrected chi connectivity index (χ1v) is 35.8. The molecule has 22 heteroatoms. The third-order valence-electron chi connectivity index (χ3n) is 16.7. The number of sulfonamides is 2. The van der Waals surface area contributed by atoms with Crippen molar-refractivity contribution < 1.29 is 50.3 Å². The van der Waals surface area contributed by atoms with E-state index in [0.717, 1.165) is 48.1 Å². The second-order valence-corrected chi connectivity index (χ2v) is 29.6. The van der Waals surface area contributed by atoms with E-state index in [2.05, 4.69) is 38.8 Å². The van der Waals surface area contributed by atoms with E-state index in [9.17, 15) is 40.8 Å².